The van der Waals surface area contributed by atoms with E-state index in [-0.39, 0.29) is 22.4 Å². The Morgan fingerprint density at radius 2 is 1.41 bits per heavy atom. The molecule has 0 aromatic heterocycles. The van der Waals surface area contributed by atoms with Crippen LogP contribution in [0.1, 0.15) is 67.7 Å². The molecule has 0 unspecified atom stereocenters. The van der Waals surface area contributed by atoms with Crippen LogP contribution in [0, 0.1) is 10.8 Å². The molecule has 17 heavy (non-hydrogen) atoms. The summed E-state index contributed by atoms with van der Waals surface area (Å²) >= 11 is 0. The maximum Gasteiger partial charge on any atom is 0.167 e. The Hall–Kier alpha value is -0.790. The lowest BCUT2D eigenvalue weighted by molar-refractivity contribution is -0.123. The summed E-state index contributed by atoms with van der Waals surface area (Å²) in [4.78, 5) is 12.3. The van der Waals surface area contributed by atoms with Gasteiger partial charge in [-0.2, -0.15) is 0 Å². The standard InChI is InChI=1S/C15H28O2/c1-8-14(5,6)12(16)11(4)13(17)15(7,9-2)10-3/h17H,8-10H2,1-7H3/b13-11-. The average Bonchev–Trinajstić information content (AvgIpc) is 2.34. The molecule has 0 heterocycles. The molecule has 0 aliphatic heterocycles. The third-order valence-electron chi connectivity index (χ3n) is 4.33. The zero-order valence-corrected chi connectivity index (χ0v) is 12.5. The van der Waals surface area contributed by atoms with Crippen molar-refractivity contribution >= 4 is 5.78 Å². The van der Waals surface area contributed by atoms with Gasteiger partial charge in [-0.1, -0.05) is 41.5 Å². The lowest BCUT2D eigenvalue weighted by atomic mass is 9.76. The molecule has 0 rings (SSSR count). The Balaban J connectivity index is 5.39. The lowest BCUT2D eigenvalue weighted by Crippen LogP contribution is -2.28. The van der Waals surface area contributed by atoms with E-state index in [4.69, 9.17) is 0 Å². The minimum atomic E-state index is -0.388. The van der Waals surface area contributed by atoms with Crippen molar-refractivity contribution in [2.75, 3.05) is 0 Å². The van der Waals surface area contributed by atoms with Gasteiger partial charge in [-0.15, -0.1) is 0 Å². The van der Waals surface area contributed by atoms with Crippen LogP contribution in [0.4, 0.5) is 0 Å². The van der Waals surface area contributed by atoms with Crippen LogP contribution in [0.15, 0.2) is 11.3 Å². The molecule has 0 saturated carbocycles. The molecule has 0 radical (unpaired) electrons. The van der Waals surface area contributed by atoms with Crippen molar-refractivity contribution in [3.8, 4) is 0 Å². The van der Waals surface area contributed by atoms with Crippen LogP contribution in [-0.2, 0) is 4.79 Å². The minimum Gasteiger partial charge on any atom is -0.511 e. The van der Waals surface area contributed by atoms with Gasteiger partial charge in [-0.25, -0.2) is 0 Å². The number of hydrogen-bond acceptors (Lipinski definition) is 2. The summed E-state index contributed by atoms with van der Waals surface area (Å²) in [6.45, 7) is 13.7. The molecule has 100 valence electrons. The zero-order chi connectivity index (χ0) is 13.9. The van der Waals surface area contributed by atoms with Gasteiger partial charge < -0.3 is 5.11 Å². The third-order valence-corrected chi connectivity index (χ3v) is 4.33. The zero-order valence-electron chi connectivity index (χ0n) is 12.5. The van der Waals surface area contributed by atoms with E-state index < -0.39 is 0 Å². The molecular formula is C15H28O2. The van der Waals surface area contributed by atoms with Crippen molar-refractivity contribution in [3.63, 3.8) is 0 Å². The number of ketones is 1. The maximum atomic E-state index is 12.3. The number of aliphatic hydroxyl groups excluding tert-OH is 1. The van der Waals surface area contributed by atoms with E-state index in [1.54, 1.807) is 6.92 Å². The quantitative estimate of drug-likeness (QED) is 0.542. The summed E-state index contributed by atoms with van der Waals surface area (Å²) in [7, 11) is 0. The molecule has 1 N–H and O–H groups in total. The van der Waals surface area contributed by atoms with Crippen LogP contribution < -0.4 is 0 Å². The van der Waals surface area contributed by atoms with E-state index in [1.165, 1.54) is 0 Å². The number of hydrogen-bond donors (Lipinski definition) is 1. The number of rotatable bonds is 6. The smallest absolute Gasteiger partial charge is 0.167 e. The third kappa shape index (κ3) is 3.34. The van der Waals surface area contributed by atoms with Gasteiger partial charge >= 0.3 is 0 Å². The highest BCUT2D eigenvalue weighted by molar-refractivity contribution is 5.99. The summed E-state index contributed by atoms with van der Waals surface area (Å²) in [5.74, 6) is 0.333. The summed E-state index contributed by atoms with van der Waals surface area (Å²) in [5.41, 5.74) is -0.132. The summed E-state index contributed by atoms with van der Waals surface area (Å²) < 4.78 is 0. The van der Waals surface area contributed by atoms with Crippen molar-refractivity contribution in [1.82, 2.24) is 0 Å². The second-order valence-electron chi connectivity index (χ2n) is 5.81. The largest absolute Gasteiger partial charge is 0.511 e. The van der Waals surface area contributed by atoms with Crippen molar-refractivity contribution in [2.24, 2.45) is 10.8 Å². The Morgan fingerprint density at radius 1 is 1.00 bits per heavy atom. The Labute approximate surface area is 106 Å². The molecule has 0 fully saturated rings. The van der Waals surface area contributed by atoms with Crippen molar-refractivity contribution in [2.45, 2.75) is 67.7 Å². The van der Waals surface area contributed by atoms with Gasteiger partial charge in [-0.3, -0.25) is 4.79 Å². The van der Waals surface area contributed by atoms with E-state index in [1.807, 2.05) is 41.5 Å². The molecule has 0 aliphatic rings. The van der Waals surface area contributed by atoms with Gasteiger partial charge in [0, 0.05) is 16.4 Å². The molecule has 2 heteroatoms. The highest BCUT2D eigenvalue weighted by Gasteiger charge is 2.33. The van der Waals surface area contributed by atoms with Crippen molar-refractivity contribution < 1.29 is 9.90 Å². The Bertz CT molecular complexity index is 307. The molecule has 0 aromatic carbocycles. The molecule has 0 bridgehead atoms. The number of carbonyl (C=O) groups excluding carboxylic acids is 1. The van der Waals surface area contributed by atoms with E-state index in [2.05, 4.69) is 0 Å². The van der Waals surface area contributed by atoms with Crippen molar-refractivity contribution in [3.05, 3.63) is 11.3 Å². The average molecular weight is 240 g/mol. The van der Waals surface area contributed by atoms with Crippen LogP contribution in [0.2, 0.25) is 0 Å². The van der Waals surface area contributed by atoms with E-state index in [0.717, 1.165) is 19.3 Å². The molecule has 0 aliphatic carbocycles. The van der Waals surface area contributed by atoms with Gasteiger partial charge in [-0.05, 0) is 26.2 Å². The second-order valence-corrected chi connectivity index (χ2v) is 5.81. The molecule has 0 aromatic rings. The van der Waals surface area contributed by atoms with Crippen molar-refractivity contribution in [1.29, 1.82) is 0 Å². The number of allylic oxidation sites excluding steroid dienone is 2. The summed E-state index contributed by atoms with van der Waals surface area (Å²) in [5, 5.41) is 10.3. The van der Waals surface area contributed by atoms with Gasteiger partial charge in [0.05, 0.1) is 0 Å². The fourth-order valence-corrected chi connectivity index (χ4v) is 1.81. The van der Waals surface area contributed by atoms with Crippen LogP contribution in [0.25, 0.3) is 0 Å². The first-order chi connectivity index (χ1) is 7.66. The lowest BCUT2D eigenvalue weighted by Gasteiger charge is -2.29. The SMILES string of the molecule is CCC(C)(C)C(=O)/C(C)=C(\O)C(C)(CC)CC. The van der Waals surface area contributed by atoms with Gasteiger partial charge in [0.2, 0.25) is 0 Å². The normalized spacial score (nSPS) is 14.5. The molecule has 0 saturated heterocycles. The maximum absolute atomic E-state index is 12.3. The highest BCUT2D eigenvalue weighted by atomic mass is 16.3. The molecular weight excluding hydrogens is 212 g/mol. The van der Waals surface area contributed by atoms with Gasteiger partial charge in [0.1, 0.15) is 5.76 Å². The minimum absolute atomic E-state index is 0.0608. The van der Waals surface area contributed by atoms with Gasteiger partial charge in [0.25, 0.3) is 0 Å². The molecule has 0 amide bonds. The van der Waals surface area contributed by atoms with Crippen LogP contribution in [-0.4, -0.2) is 10.9 Å². The topological polar surface area (TPSA) is 37.3 Å². The first kappa shape index (κ1) is 16.2. The Kier molecular flexibility index (Phi) is 5.44. The predicted molar refractivity (Wildman–Crippen MR) is 73.1 cm³/mol. The molecule has 0 spiro atoms. The first-order valence-electron chi connectivity index (χ1n) is 6.61. The predicted octanol–water partition coefficient (Wildman–Crippen LogP) is 4.65. The molecule has 2 nitrogen and oxygen atoms in total. The van der Waals surface area contributed by atoms with Crippen LogP contribution in [0.3, 0.4) is 0 Å². The second kappa shape index (κ2) is 5.70. The van der Waals surface area contributed by atoms with E-state index in [0.29, 0.717) is 5.57 Å². The number of Topliss-reactive ketones (excluding diaryl/α,β-unsaturated/α-hetero) is 1. The fourth-order valence-electron chi connectivity index (χ4n) is 1.81. The van der Waals surface area contributed by atoms with Crippen LogP contribution >= 0.6 is 0 Å². The monoisotopic (exact) mass is 240 g/mol. The fraction of sp³-hybridized carbons (Fsp3) is 0.800. The van der Waals surface area contributed by atoms with Gasteiger partial charge in [0.15, 0.2) is 5.78 Å². The van der Waals surface area contributed by atoms with E-state index in [9.17, 15) is 9.90 Å². The Morgan fingerprint density at radius 3 is 1.71 bits per heavy atom. The first-order valence-corrected chi connectivity index (χ1v) is 6.61. The van der Waals surface area contributed by atoms with Crippen LogP contribution in [0.5, 0.6) is 0 Å². The molecule has 0 atom stereocenters. The highest BCUT2D eigenvalue weighted by Crippen LogP contribution is 2.36. The number of aliphatic hydroxyl groups is 1. The van der Waals surface area contributed by atoms with E-state index >= 15 is 0 Å². The number of carbonyl (C=O) groups is 1. The summed E-state index contributed by atoms with van der Waals surface area (Å²) in [6.07, 6.45) is 2.46. The summed E-state index contributed by atoms with van der Waals surface area (Å²) in [6, 6.07) is 0.